The van der Waals surface area contributed by atoms with Gasteiger partial charge >= 0.3 is 0 Å². The Morgan fingerprint density at radius 3 is 2.21 bits per heavy atom. The van der Waals surface area contributed by atoms with Crippen molar-refractivity contribution in [1.29, 1.82) is 0 Å². The number of hydrogen-bond donors (Lipinski definition) is 0. The second-order valence-electron chi connectivity index (χ2n) is 7.64. The summed E-state index contributed by atoms with van der Waals surface area (Å²) in [6.45, 7) is 13.4. The molecule has 5 heteroatoms. The van der Waals surface area contributed by atoms with E-state index in [2.05, 4.69) is 34.6 Å². The van der Waals surface area contributed by atoms with Gasteiger partial charge in [0.2, 0.25) is 0 Å². The van der Waals surface area contributed by atoms with E-state index in [0.29, 0.717) is 26.4 Å². The molecule has 0 bridgehead atoms. The minimum atomic E-state index is -0.284. The quantitative estimate of drug-likeness (QED) is 0.425. The van der Waals surface area contributed by atoms with Crippen molar-refractivity contribution in [1.82, 2.24) is 0 Å². The molecule has 0 saturated carbocycles. The van der Waals surface area contributed by atoms with E-state index in [0.717, 1.165) is 17.6 Å². The van der Waals surface area contributed by atoms with Crippen LogP contribution in [0.4, 0.5) is 0 Å². The van der Waals surface area contributed by atoms with Gasteiger partial charge < -0.3 is 14.2 Å². The zero-order chi connectivity index (χ0) is 17.6. The molecule has 1 heterocycles. The molecule has 0 aliphatic carbocycles. The molecular formula is C19H31O4S+. The number of benzene rings is 1. The Kier molecular flexibility index (Phi) is 7.13. The monoisotopic (exact) mass is 355 g/mol. The molecule has 0 spiro atoms. The summed E-state index contributed by atoms with van der Waals surface area (Å²) in [5.74, 6) is 0. The Hall–Kier alpha value is -0.590. The van der Waals surface area contributed by atoms with Gasteiger partial charge in [-0.1, -0.05) is 51.1 Å². The summed E-state index contributed by atoms with van der Waals surface area (Å²) in [6, 6.07) is 9.98. The SMILES string of the molecule is CC(C)(C)C(C)(C)[SH+]OCCOC1COC(c2ccccc2)OC1. The Morgan fingerprint density at radius 2 is 1.62 bits per heavy atom. The van der Waals surface area contributed by atoms with Crippen LogP contribution < -0.4 is 0 Å². The third-order valence-electron chi connectivity index (χ3n) is 4.60. The molecule has 2 rings (SSSR count). The predicted molar refractivity (Wildman–Crippen MR) is 99.1 cm³/mol. The van der Waals surface area contributed by atoms with E-state index in [-0.39, 0.29) is 22.6 Å². The first-order valence-corrected chi connectivity index (χ1v) is 9.35. The summed E-state index contributed by atoms with van der Waals surface area (Å²) in [5.41, 5.74) is 1.25. The molecule has 1 aromatic carbocycles. The topological polar surface area (TPSA) is 36.9 Å². The van der Waals surface area contributed by atoms with Crippen LogP contribution in [-0.4, -0.2) is 37.3 Å². The standard InChI is InChI=1S/C19H30O4S/c1-18(2,3)19(4,5)24-23-12-11-20-16-13-21-17(22-14-16)15-9-7-6-8-10-15/h6-10,16-17H,11-14H2,1-5H3/p+1. The van der Waals surface area contributed by atoms with E-state index >= 15 is 0 Å². The number of hydrogen-bond acceptors (Lipinski definition) is 4. The van der Waals surface area contributed by atoms with Crippen molar-refractivity contribution >= 4 is 12.0 Å². The number of rotatable bonds is 7. The molecule has 0 radical (unpaired) electrons. The van der Waals surface area contributed by atoms with Crippen molar-refractivity contribution in [2.75, 3.05) is 26.4 Å². The van der Waals surface area contributed by atoms with Gasteiger partial charge in [-0.25, -0.2) is 0 Å². The lowest BCUT2D eigenvalue weighted by Gasteiger charge is -2.30. The predicted octanol–water partition coefficient (Wildman–Crippen LogP) is 3.69. The molecule has 4 nitrogen and oxygen atoms in total. The summed E-state index contributed by atoms with van der Waals surface area (Å²) in [4.78, 5) is 0. The van der Waals surface area contributed by atoms with Crippen molar-refractivity contribution < 1.29 is 18.4 Å². The molecule has 1 aromatic rings. The third kappa shape index (κ3) is 5.74. The van der Waals surface area contributed by atoms with Crippen molar-refractivity contribution in [3.63, 3.8) is 0 Å². The van der Waals surface area contributed by atoms with E-state index < -0.39 is 0 Å². The highest BCUT2D eigenvalue weighted by Crippen LogP contribution is 2.33. The molecular weight excluding hydrogens is 324 g/mol. The van der Waals surface area contributed by atoms with Gasteiger partial charge in [0.05, 0.1) is 19.8 Å². The van der Waals surface area contributed by atoms with Gasteiger partial charge in [-0.2, -0.15) is 4.18 Å². The lowest BCUT2D eigenvalue weighted by atomic mass is 9.83. The maximum Gasteiger partial charge on any atom is 0.184 e. The number of thiol groups is 1. The second kappa shape index (κ2) is 8.68. The average Bonchev–Trinajstić information content (AvgIpc) is 2.55. The molecule has 24 heavy (non-hydrogen) atoms. The Balaban J connectivity index is 1.60. The molecule has 1 fully saturated rings. The van der Waals surface area contributed by atoms with Crippen molar-refractivity contribution in [2.45, 2.75) is 51.8 Å². The molecule has 136 valence electrons. The molecule has 1 aliphatic rings. The Bertz CT molecular complexity index is 476. The van der Waals surface area contributed by atoms with Crippen molar-refractivity contribution in [2.24, 2.45) is 5.41 Å². The Morgan fingerprint density at radius 1 is 1.00 bits per heavy atom. The Labute approximate surface area is 150 Å². The average molecular weight is 356 g/mol. The van der Waals surface area contributed by atoms with Gasteiger partial charge in [0.25, 0.3) is 0 Å². The zero-order valence-corrected chi connectivity index (χ0v) is 16.3. The van der Waals surface area contributed by atoms with Gasteiger partial charge in [0, 0.05) is 11.0 Å². The largest absolute Gasteiger partial charge is 0.371 e. The van der Waals surface area contributed by atoms with Crippen LogP contribution in [0.3, 0.4) is 0 Å². The van der Waals surface area contributed by atoms with Crippen LogP contribution in [0.5, 0.6) is 0 Å². The molecule has 1 saturated heterocycles. The van der Waals surface area contributed by atoms with E-state index in [1.807, 2.05) is 30.3 Å². The van der Waals surface area contributed by atoms with Gasteiger partial charge in [0.15, 0.2) is 11.0 Å². The fourth-order valence-electron chi connectivity index (χ4n) is 1.98. The van der Waals surface area contributed by atoms with Crippen LogP contribution >= 0.6 is 0 Å². The van der Waals surface area contributed by atoms with Crippen LogP contribution in [0.25, 0.3) is 0 Å². The van der Waals surface area contributed by atoms with Crippen LogP contribution in [0.15, 0.2) is 30.3 Å². The van der Waals surface area contributed by atoms with E-state index in [9.17, 15) is 0 Å². The fourth-order valence-corrected chi connectivity index (χ4v) is 2.74. The smallest absolute Gasteiger partial charge is 0.184 e. The van der Waals surface area contributed by atoms with Crippen LogP contribution in [0, 0.1) is 5.41 Å². The summed E-state index contributed by atoms with van der Waals surface area (Å²) in [6.07, 6.45) is -0.311. The van der Waals surface area contributed by atoms with Gasteiger partial charge in [0.1, 0.15) is 24.8 Å². The highest BCUT2D eigenvalue weighted by atomic mass is 32.2. The van der Waals surface area contributed by atoms with Crippen LogP contribution in [-0.2, 0) is 30.4 Å². The number of ether oxygens (including phenoxy) is 3. The summed E-state index contributed by atoms with van der Waals surface area (Å²) < 4.78 is 23.1. The molecule has 0 aromatic heterocycles. The third-order valence-corrected chi connectivity index (χ3v) is 6.03. The minimum Gasteiger partial charge on any atom is -0.371 e. The van der Waals surface area contributed by atoms with Crippen LogP contribution in [0.2, 0.25) is 0 Å². The highest BCUT2D eigenvalue weighted by Gasteiger charge is 2.41. The van der Waals surface area contributed by atoms with Crippen molar-refractivity contribution in [3.8, 4) is 0 Å². The second-order valence-corrected chi connectivity index (χ2v) is 9.19. The molecule has 0 atom stereocenters. The first-order valence-electron chi connectivity index (χ1n) is 8.53. The fraction of sp³-hybridized carbons (Fsp3) is 0.684. The molecule has 0 unspecified atom stereocenters. The summed E-state index contributed by atoms with van der Waals surface area (Å²) in [5, 5.41) is 0. The summed E-state index contributed by atoms with van der Waals surface area (Å²) >= 11 is 0.996. The lowest BCUT2D eigenvalue weighted by molar-refractivity contribution is -0.231. The normalized spacial score (nSPS) is 22.5. The van der Waals surface area contributed by atoms with Gasteiger partial charge in [-0.15, -0.1) is 0 Å². The van der Waals surface area contributed by atoms with Crippen LogP contribution in [0.1, 0.15) is 46.5 Å². The maximum atomic E-state index is 5.79. The maximum absolute atomic E-state index is 5.79. The van der Waals surface area contributed by atoms with Crippen molar-refractivity contribution in [3.05, 3.63) is 35.9 Å². The summed E-state index contributed by atoms with van der Waals surface area (Å²) in [7, 11) is 0. The van der Waals surface area contributed by atoms with E-state index in [1.165, 1.54) is 0 Å². The van der Waals surface area contributed by atoms with Gasteiger partial charge in [-0.3, -0.25) is 0 Å². The first kappa shape index (κ1) is 19.7. The molecule has 1 aliphatic heterocycles. The molecule has 0 amide bonds. The lowest BCUT2D eigenvalue weighted by Crippen LogP contribution is -2.39. The molecule has 0 N–H and O–H groups in total. The zero-order valence-electron chi connectivity index (χ0n) is 15.5. The van der Waals surface area contributed by atoms with Gasteiger partial charge in [-0.05, 0) is 13.8 Å². The highest BCUT2D eigenvalue weighted by molar-refractivity contribution is 7.75. The first-order chi connectivity index (χ1) is 11.3. The van der Waals surface area contributed by atoms with E-state index in [4.69, 9.17) is 18.4 Å². The van der Waals surface area contributed by atoms with E-state index in [1.54, 1.807) is 0 Å². The minimum absolute atomic E-state index is 0.0270.